The van der Waals surface area contributed by atoms with Crippen molar-refractivity contribution in [1.82, 2.24) is 10.3 Å². The van der Waals surface area contributed by atoms with E-state index in [9.17, 15) is 9.18 Å². The molecule has 3 aromatic rings. The zero-order chi connectivity index (χ0) is 18.5. The molecule has 26 heavy (non-hydrogen) atoms. The van der Waals surface area contributed by atoms with Crippen LogP contribution in [-0.2, 0) is 0 Å². The van der Waals surface area contributed by atoms with Gasteiger partial charge in [0.1, 0.15) is 11.9 Å². The van der Waals surface area contributed by atoms with Crippen molar-refractivity contribution >= 4 is 16.8 Å². The highest BCUT2D eigenvalue weighted by Crippen LogP contribution is 2.26. The topological polar surface area (TPSA) is 98.5 Å². The average Bonchev–Trinajstić information content (AvgIpc) is 3.08. The first kappa shape index (κ1) is 18.1. The van der Waals surface area contributed by atoms with Gasteiger partial charge in [0, 0.05) is 23.5 Å². The summed E-state index contributed by atoms with van der Waals surface area (Å²) in [4.78, 5) is 15.7. The van der Waals surface area contributed by atoms with Crippen molar-refractivity contribution < 1.29 is 14.9 Å². The zero-order valence-corrected chi connectivity index (χ0v) is 14.6. The molecule has 6 heteroatoms. The van der Waals surface area contributed by atoms with Gasteiger partial charge in [0.15, 0.2) is 0 Å². The summed E-state index contributed by atoms with van der Waals surface area (Å²) in [6, 6.07) is 12.3. The summed E-state index contributed by atoms with van der Waals surface area (Å²) in [6.07, 6.45) is 3.50. The number of nitrogens with two attached hydrogens (primary N) is 1. The second kappa shape index (κ2) is 8.12. The summed E-state index contributed by atoms with van der Waals surface area (Å²) >= 11 is 0. The Bertz CT molecular complexity index is 888. The number of rotatable bonds is 7. The number of amides is 1. The fourth-order valence-corrected chi connectivity index (χ4v) is 2.97. The number of halogens is 1. The van der Waals surface area contributed by atoms with Crippen molar-refractivity contribution in [3.8, 4) is 11.1 Å². The first-order valence-corrected chi connectivity index (χ1v) is 8.77. The molecule has 5 nitrogen and oxygen atoms in total. The Morgan fingerprint density at radius 1 is 1.19 bits per heavy atom. The van der Waals surface area contributed by atoms with Gasteiger partial charge >= 0.3 is 0 Å². The van der Waals surface area contributed by atoms with E-state index in [1.54, 1.807) is 18.3 Å². The van der Waals surface area contributed by atoms with Crippen LogP contribution < -0.4 is 16.8 Å². The molecule has 0 saturated carbocycles. The van der Waals surface area contributed by atoms with Crippen LogP contribution in [0.2, 0.25) is 0 Å². The molecule has 136 valence electrons. The maximum atomic E-state index is 13.1. The quantitative estimate of drug-likeness (QED) is 0.522. The molecule has 0 aliphatic rings. The zero-order valence-electron chi connectivity index (χ0n) is 14.6. The molecule has 0 bridgehead atoms. The first-order chi connectivity index (χ1) is 12.6. The molecule has 0 aliphatic carbocycles. The van der Waals surface area contributed by atoms with Gasteiger partial charge in [-0.3, -0.25) is 4.79 Å². The summed E-state index contributed by atoms with van der Waals surface area (Å²) in [6.45, 7) is 1.15. The molecule has 1 atom stereocenters. The lowest BCUT2D eigenvalue weighted by molar-refractivity contribution is -0.418. The van der Waals surface area contributed by atoms with Crippen LogP contribution in [0.15, 0.2) is 48.7 Å². The van der Waals surface area contributed by atoms with Gasteiger partial charge in [-0.1, -0.05) is 18.2 Å². The Balaban J connectivity index is 1.79. The molecule has 3 rings (SSSR count). The number of carbonyl (C=O) groups is 1. The first-order valence-electron chi connectivity index (χ1n) is 8.77. The normalized spacial score (nSPS) is 12.3. The molecular weight excluding hydrogens is 331 g/mol. The third-order valence-electron chi connectivity index (χ3n) is 4.47. The van der Waals surface area contributed by atoms with Crippen LogP contribution in [0.25, 0.3) is 22.0 Å². The number of carbonyl (C=O) groups excluding carboxylic acids is 1. The maximum absolute atomic E-state index is 13.1. The molecule has 0 aliphatic heterocycles. The summed E-state index contributed by atoms with van der Waals surface area (Å²) in [5.74, 6) is -0.400. The fourth-order valence-electron chi connectivity index (χ4n) is 2.97. The molecule has 0 unspecified atom stereocenters. The number of quaternary nitrogens is 1. The second-order valence-corrected chi connectivity index (χ2v) is 6.48. The minimum atomic E-state index is -0.270. The Labute approximate surface area is 151 Å². The minimum Gasteiger partial charge on any atom is -0.360 e. The van der Waals surface area contributed by atoms with Gasteiger partial charge < -0.3 is 21.8 Å². The van der Waals surface area contributed by atoms with Crippen molar-refractivity contribution in [1.29, 1.82) is 0 Å². The van der Waals surface area contributed by atoms with Crippen molar-refractivity contribution in [3.63, 3.8) is 0 Å². The van der Waals surface area contributed by atoms with Crippen LogP contribution in [0.5, 0.6) is 0 Å². The lowest BCUT2D eigenvalue weighted by Crippen LogP contribution is -2.65. The Morgan fingerprint density at radius 3 is 2.65 bits per heavy atom. The summed E-state index contributed by atoms with van der Waals surface area (Å²) in [7, 11) is 0. The van der Waals surface area contributed by atoms with Crippen LogP contribution >= 0.6 is 0 Å². The summed E-state index contributed by atoms with van der Waals surface area (Å²) in [5, 5.41) is 3.78. The van der Waals surface area contributed by atoms with Gasteiger partial charge in [-0.25, -0.2) is 4.39 Å². The minimum absolute atomic E-state index is 0.131. The van der Waals surface area contributed by atoms with Gasteiger partial charge in [-0.15, -0.1) is 0 Å². The van der Waals surface area contributed by atoms with Crippen LogP contribution in [-0.4, -0.2) is 30.0 Å². The fraction of sp³-hybridized carbons (Fsp3) is 0.250. The van der Waals surface area contributed by atoms with Crippen LogP contribution in [0.4, 0.5) is 4.39 Å². The highest BCUT2D eigenvalue weighted by atomic mass is 19.1. The van der Waals surface area contributed by atoms with Crippen molar-refractivity contribution in [3.05, 3.63) is 60.0 Å². The number of hydrogen-bond acceptors (Lipinski definition) is 2. The van der Waals surface area contributed by atoms with Gasteiger partial charge in [0.25, 0.3) is 5.91 Å². The number of benzene rings is 2. The van der Waals surface area contributed by atoms with Gasteiger partial charge in [0.05, 0.1) is 12.1 Å². The third-order valence-corrected chi connectivity index (χ3v) is 4.47. The standard InChI is InChI=1S/C20H23FN4O/c21-15-6-3-13(4-7-15)14-5-8-19-17(10-14)18(12-24-19)20(26)25-11-16(23)2-1-9-22/h3-8,10,12,16,24H,1-2,9,11,22-23H2,(H,25,26)/p+1/t16-/m0/s1. The summed E-state index contributed by atoms with van der Waals surface area (Å²) in [5.41, 5.74) is 12.9. The predicted molar refractivity (Wildman–Crippen MR) is 101 cm³/mol. The monoisotopic (exact) mass is 355 g/mol. The number of aromatic nitrogens is 1. The van der Waals surface area contributed by atoms with E-state index >= 15 is 0 Å². The largest absolute Gasteiger partial charge is 0.360 e. The molecule has 0 fully saturated rings. The number of H-pyrrole nitrogens is 1. The highest BCUT2D eigenvalue weighted by molar-refractivity contribution is 6.07. The van der Waals surface area contributed by atoms with Crippen molar-refractivity contribution in [2.45, 2.75) is 18.9 Å². The smallest absolute Gasteiger partial charge is 0.253 e. The van der Waals surface area contributed by atoms with E-state index in [0.29, 0.717) is 18.7 Å². The van der Waals surface area contributed by atoms with E-state index < -0.39 is 0 Å². The van der Waals surface area contributed by atoms with Crippen LogP contribution in [0.3, 0.4) is 0 Å². The van der Waals surface area contributed by atoms with E-state index in [-0.39, 0.29) is 17.8 Å². The summed E-state index contributed by atoms with van der Waals surface area (Å²) < 4.78 is 13.1. The van der Waals surface area contributed by atoms with Gasteiger partial charge in [0.2, 0.25) is 0 Å². The van der Waals surface area contributed by atoms with E-state index in [2.05, 4.69) is 16.0 Å². The third kappa shape index (κ3) is 4.09. The van der Waals surface area contributed by atoms with E-state index in [4.69, 9.17) is 5.73 Å². The Kier molecular flexibility index (Phi) is 5.65. The molecule has 0 radical (unpaired) electrons. The second-order valence-electron chi connectivity index (χ2n) is 6.48. The van der Waals surface area contributed by atoms with E-state index in [1.807, 2.05) is 18.2 Å². The Hall–Kier alpha value is -2.70. The lowest BCUT2D eigenvalue weighted by Gasteiger charge is -2.09. The molecule has 7 N–H and O–H groups in total. The molecule has 1 aromatic heterocycles. The van der Waals surface area contributed by atoms with Gasteiger partial charge in [-0.05, 0) is 48.4 Å². The van der Waals surface area contributed by atoms with E-state index in [0.717, 1.165) is 34.9 Å². The predicted octanol–water partition coefficient (Wildman–Crippen LogP) is 2.05. The molecule has 1 heterocycles. The average molecular weight is 355 g/mol. The number of hydrogen-bond donors (Lipinski definition) is 4. The number of aromatic amines is 1. The number of fused-ring (bicyclic) bond motifs is 1. The highest BCUT2D eigenvalue weighted by Gasteiger charge is 2.15. The Morgan fingerprint density at radius 2 is 1.92 bits per heavy atom. The molecular formula is C20H24FN4O+. The van der Waals surface area contributed by atoms with Crippen LogP contribution in [0.1, 0.15) is 23.2 Å². The van der Waals surface area contributed by atoms with E-state index in [1.165, 1.54) is 12.1 Å². The van der Waals surface area contributed by atoms with Crippen LogP contribution in [0, 0.1) is 5.82 Å². The maximum Gasteiger partial charge on any atom is 0.253 e. The van der Waals surface area contributed by atoms with Crippen molar-refractivity contribution in [2.24, 2.45) is 5.73 Å². The molecule has 1 amide bonds. The molecule has 0 spiro atoms. The van der Waals surface area contributed by atoms with Crippen molar-refractivity contribution in [2.75, 3.05) is 13.1 Å². The molecule has 2 aromatic carbocycles. The lowest BCUT2D eigenvalue weighted by atomic mass is 10.0. The van der Waals surface area contributed by atoms with Gasteiger partial charge in [-0.2, -0.15) is 0 Å². The molecule has 0 saturated heterocycles. The SMILES string of the molecule is NCCC[C@H]([NH3+])CNC(=O)c1c[nH]c2ccc(-c3ccc(F)cc3)cc12. The number of nitrogens with one attached hydrogen (secondary N) is 2.